The molecule has 0 bridgehead atoms. The molecule has 1 aliphatic heterocycles. The fourth-order valence-electron chi connectivity index (χ4n) is 4.07. The minimum Gasteiger partial charge on any atom is -0.486 e. The summed E-state index contributed by atoms with van der Waals surface area (Å²) in [5.74, 6) is 1.39. The predicted octanol–water partition coefficient (Wildman–Crippen LogP) is 4.26. The van der Waals surface area contributed by atoms with Gasteiger partial charge in [0, 0.05) is 34.3 Å². The van der Waals surface area contributed by atoms with Crippen LogP contribution < -0.4 is 9.47 Å². The Balaban J connectivity index is 1.28. The number of hydrogen-bond acceptors (Lipinski definition) is 8. The third kappa shape index (κ3) is 4.40. The molecular weight excluding hydrogens is 450 g/mol. The zero-order valence-corrected chi connectivity index (χ0v) is 19.5. The van der Waals surface area contributed by atoms with Crippen molar-refractivity contribution < 1.29 is 28.3 Å². The number of esters is 1. The number of ether oxygens (including phenoxy) is 3. The van der Waals surface area contributed by atoms with Gasteiger partial charge in [-0.05, 0) is 63.2 Å². The summed E-state index contributed by atoms with van der Waals surface area (Å²) < 4.78 is 23.7. The fourth-order valence-corrected chi connectivity index (χ4v) is 4.07. The number of carbonyl (C=O) groups is 2. The highest BCUT2D eigenvalue weighted by atomic mass is 16.6. The summed E-state index contributed by atoms with van der Waals surface area (Å²) in [5.41, 5.74) is 3.98. The quantitative estimate of drug-likeness (QED) is 0.302. The molecule has 4 aromatic rings. The number of hydrogen-bond donors (Lipinski definition) is 0. The zero-order valence-electron chi connectivity index (χ0n) is 19.5. The zero-order chi connectivity index (χ0) is 24.5. The summed E-state index contributed by atoms with van der Waals surface area (Å²) in [5, 5.41) is 3.75. The van der Waals surface area contributed by atoms with E-state index in [4.69, 9.17) is 18.7 Å². The second kappa shape index (κ2) is 9.09. The van der Waals surface area contributed by atoms with Crippen molar-refractivity contribution in [1.29, 1.82) is 0 Å². The smallest absolute Gasteiger partial charge is 0.338 e. The van der Waals surface area contributed by atoms with Crippen LogP contribution in [0.15, 0.2) is 53.1 Å². The summed E-state index contributed by atoms with van der Waals surface area (Å²) in [7, 11) is 0. The van der Waals surface area contributed by atoms with Crippen LogP contribution in [-0.2, 0) is 4.74 Å². The maximum Gasteiger partial charge on any atom is 0.338 e. The Labute approximate surface area is 201 Å². The summed E-state index contributed by atoms with van der Waals surface area (Å²) >= 11 is 0. The van der Waals surface area contributed by atoms with E-state index in [9.17, 15) is 9.59 Å². The lowest BCUT2D eigenvalue weighted by atomic mass is 10.1. The van der Waals surface area contributed by atoms with Gasteiger partial charge in [0.2, 0.25) is 5.78 Å². The molecule has 9 heteroatoms. The van der Waals surface area contributed by atoms with Gasteiger partial charge < -0.3 is 23.3 Å². The average Bonchev–Trinajstić information content (AvgIpc) is 3.44. The Hall–Kier alpha value is -4.40. The number of carbonyl (C=O) groups excluding carboxylic acids is 2. The minimum absolute atomic E-state index is 0.284. The van der Waals surface area contributed by atoms with E-state index < -0.39 is 5.97 Å². The average molecular weight is 473 g/mol. The second-order valence-electron chi connectivity index (χ2n) is 8.17. The Bertz CT molecular complexity index is 1420. The van der Waals surface area contributed by atoms with Gasteiger partial charge in [-0.3, -0.25) is 4.79 Å². The molecule has 0 unspecified atom stereocenters. The van der Waals surface area contributed by atoms with E-state index in [-0.39, 0.29) is 12.4 Å². The van der Waals surface area contributed by atoms with Crippen molar-refractivity contribution in [3.63, 3.8) is 0 Å². The maximum atomic E-state index is 12.9. The molecule has 0 saturated carbocycles. The molecule has 5 rings (SSSR count). The maximum absolute atomic E-state index is 12.9. The first kappa shape index (κ1) is 22.4. The van der Waals surface area contributed by atoms with E-state index in [1.165, 1.54) is 0 Å². The van der Waals surface area contributed by atoms with Crippen LogP contribution in [0.4, 0.5) is 0 Å². The Morgan fingerprint density at radius 3 is 2.43 bits per heavy atom. The molecule has 0 radical (unpaired) electrons. The molecule has 3 heterocycles. The second-order valence-corrected chi connectivity index (χ2v) is 8.17. The van der Waals surface area contributed by atoms with Crippen LogP contribution >= 0.6 is 0 Å². The summed E-state index contributed by atoms with van der Waals surface area (Å²) in [6.07, 6.45) is 0. The van der Waals surface area contributed by atoms with Gasteiger partial charge in [0.1, 0.15) is 13.2 Å². The lowest BCUT2D eigenvalue weighted by molar-refractivity contribution is 0.0474. The van der Waals surface area contributed by atoms with Gasteiger partial charge in [0.25, 0.3) is 5.89 Å². The first-order valence-electron chi connectivity index (χ1n) is 11.1. The van der Waals surface area contributed by atoms with E-state index >= 15 is 0 Å². The van der Waals surface area contributed by atoms with Crippen LogP contribution in [-0.4, -0.2) is 46.3 Å². The number of fused-ring (bicyclic) bond motifs is 1. The summed E-state index contributed by atoms with van der Waals surface area (Å²) in [6, 6.07) is 14.0. The molecule has 0 fully saturated rings. The van der Waals surface area contributed by atoms with Gasteiger partial charge in [-0.25, -0.2) is 4.79 Å². The van der Waals surface area contributed by atoms with Crippen LogP contribution in [0.25, 0.3) is 17.1 Å². The molecule has 0 atom stereocenters. The van der Waals surface area contributed by atoms with E-state index in [0.29, 0.717) is 53.1 Å². The molecule has 0 spiro atoms. The largest absolute Gasteiger partial charge is 0.486 e. The van der Waals surface area contributed by atoms with Crippen molar-refractivity contribution in [2.75, 3.05) is 19.8 Å². The van der Waals surface area contributed by atoms with Gasteiger partial charge in [-0.1, -0.05) is 5.16 Å². The molecule has 35 heavy (non-hydrogen) atoms. The monoisotopic (exact) mass is 473 g/mol. The number of nitrogens with zero attached hydrogens (tertiary/aromatic N) is 3. The lowest BCUT2D eigenvalue weighted by Crippen LogP contribution is -2.16. The molecule has 1 aliphatic rings. The predicted molar refractivity (Wildman–Crippen MR) is 125 cm³/mol. The van der Waals surface area contributed by atoms with Crippen LogP contribution in [0.1, 0.15) is 37.9 Å². The standard InChI is InChI=1S/C26H23N3O6/c1-15-12-21(16(2)29(15)20-8-9-23-24(13-20)33-11-10-32-23)22(30)14-34-26(31)19-6-4-18(5-7-19)25-27-17(3)28-35-25/h4-9,12-13H,10-11,14H2,1-3H3. The highest BCUT2D eigenvalue weighted by Gasteiger charge is 2.20. The van der Waals surface area contributed by atoms with Gasteiger partial charge in [-0.15, -0.1) is 0 Å². The van der Waals surface area contributed by atoms with Crippen LogP contribution in [0.3, 0.4) is 0 Å². The SMILES string of the molecule is Cc1noc(-c2ccc(C(=O)OCC(=O)c3cc(C)n(-c4ccc5c(c4)OCCO5)c3C)cc2)n1. The molecule has 9 nitrogen and oxygen atoms in total. The molecule has 0 amide bonds. The van der Waals surface area contributed by atoms with Crippen molar-refractivity contribution in [2.45, 2.75) is 20.8 Å². The van der Waals surface area contributed by atoms with Crippen molar-refractivity contribution in [3.8, 4) is 28.6 Å². The minimum atomic E-state index is -0.591. The van der Waals surface area contributed by atoms with Crippen molar-refractivity contribution in [2.24, 2.45) is 0 Å². The van der Waals surface area contributed by atoms with Crippen LogP contribution in [0.2, 0.25) is 0 Å². The molecule has 0 aliphatic carbocycles. The number of Topliss-reactive ketones (excluding diaryl/α,β-unsaturated/α-hetero) is 1. The van der Waals surface area contributed by atoms with Crippen molar-refractivity contribution in [1.82, 2.24) is 14.7 Å². The molecule has 2 aromatic carbocycles. The molecule has 2 aromatic heterocycles. The number of benzene rings is 2. The molecule has 0 saturated heterocycles. The van der Waals surface area contributed by atoms with Gasteiger partial charge in [0.15, 0.2) is 23.9 Å². The molecular formula is C26H23N3O6. The van der Waals surface area contributed by atoms with Crippen molar-refractivity contribution >= 4 is 11.8 Å². The third-order valence-electron chi connectivity index (χ3n) is 5.74. The van der Waals surface area contributed by atoms with Gasteiger partial charge in [-0.2, -0.15) is 4.98 Å². The van der Waals surface area contributed by atoms with Crippen LogP contribution in [0.5, 0.6) is 11.5 Å². The summed E-state index contributed by atoms with van der Waals surface area (Å²) in [6.45, 7) is 6.15. The number of aromatic nitrogens is 3. The van der Waals surface area contributed by atoms with Gasteiger partial charge >= 0.3 is 5.97 Å². The third-order valence-corrected chi connectivity index (χ3v) is 5.74. The van der Waals surface area contributed by atoms with Crippen molar-refractivity contribution in [3.05, 3.63) is 76.9 Å². The molecule has 178 valence electrons. The Morgan fingerprint density at radius 2 is 1.71 bits per heavy atom. The highest BCUT2D eigenvalue weighted by Crippen LogP contribution is 2.33. The number of rotatable bonds is 6. The highest BCUT2D eigenvalue weighted by molar-refractivity contribution is 6.00. The number of ketones is 1. The lowest BCUT2D eigenvalue weighted by Gasteiger charge is -2.20. The van der Waals surface area contributed by atoms with E-state index in [1.807, 2.05) is 36.6 Å². The first-order valence-corrected chi connectivity index (χ1v) is 11.1. The van der Waals surface area contributed by atoms with Gasteiger partial charge in [0.05, 0.1) is 5.56 Å². The van der Waals surface area contributed by atoms with E-state index in [2.05, 4.69) is 10.1 Å². The van der Waals surface area contributed by atoms with E-state index in [0.717, 1.165) is 17.1 Å². The Morgan fingerprint density at radius 1 is 0.971 bits per heavy atom. The van der Waals surface area contributed by atoms with Crippen LogP contribution in [0, 0.1) is 20.8 Å². The Kier molecular flexibility index (Phi) is 5.82. The normalized spacial score (nSPS) is 12.4. The first-order chi connectivity index (χ1) is 16.9. The fraction of sp³-hybridized carbons (Fsp3) is 0.231. The van der Waals surface area contributed by atoms with E-state index in [1.54, 1.807) is 37.3 Å². The topological polar surface area (TPSA) is 106 Å². The summed E-state index contributed by atoms with van der Waals surface area (Å²) in [4.78, 5) is 29.6. The molecule has 0 N–H and O–H groups in total. The number of aryl methyl sites for hydroxylation is 2.